The van der Waals surface area contributed by atoms with E-state index in [-0.39, 0.29) is 11.5 Å². The van der Waals surface area contributed by atoms with E-state index in [1.54, 1.807) is 19.1 Å². The van der Waals surface area contributed by atoms with Crippen LogP contribution >= 0.6 is 0 Å². The molecule has 1 aliphatic rings. The average molecular weight is 412 g/mol. The molecule has 6 heteroatoms. The van der Waals surface area contributed by atoms with E-state index in [1.165, 1.54) is 18.9 Å². The van der Waals surface area contributed by atoms with Gasteiger partial charge in [0.15, 0.2) is 11.6 Å². The molecule has 0 spiro atoms. The molecule has 1 aromatic rings. The lowest BCUT2D eigenvalue weighted by atomic mass is 10.1. The molecule has 0 bridgehead atoms. The van der Waals surface area contributed by atoms with Crippen molar-refractivity contribution in [2.75, 3.05) is 12.4 Å². The number of hydrogen-bond acceptors (Lipinski definition) is 3. The van der Waals surface area contributed by atoms with E-state index in [4.69, 9.17) is 4.74 Å². The van der Waals surface area contributed by atoms with Gasteiger partial charge in [0.1, 0.15) is 0 Å². The Morgan fingerprint density at radius 3 is 2.68 bits per heavy atom. The van der Waals surface area contributed by atoms with E-state index in [2.05, 4.69) is 11.6 Å². The van der Waals surface area contributed by atoms with Gasteiger partial charge in [-0.15, -0.1) is 0 Å². The molecular weight excluding hydrogens is 377 g/mol. The standard InChI is InChI=1S/C22H34FNO3S/c1-3-4-5-6-7-10-15-28(25,26)24-18(2)20-13-14-21(23)22(16-20)27-17-19-11-8-9-12-19/h6-7,13-14,16,18-19,24H,3-5,8-12,15,17H2,1-2H3/b7-6+/t18-/m1/s1. The molecule has 1 aliphatic carbocycles. The fraction of sp³-hybridized carbons (Fsp3) is 0.636. The molecule has 1 atom stereocenters. The number of ether oxygens (including phenoxy) is 1. The molecule has 1 saturated carbocycles. The van der Waals surface area contributed by atoms with Gasteiger partial charge in [0.05, 0.1) is 12.4 Å². The van der Waals surface area contributed by atoms with E-state index >= 15 is 0 Å². The SMILES string of the molecule is CCCC/C=C/CCS(=O)(=O)N[C@H](C)c1ccc(F)c(OCC2CCCC2)c1. The van der Waals surface area contributed by atoms with Crippen LogP contribution in [0.5, 0.6) is 5.75 Å². The van der Waals surface area contributed by atoms with Crippen LogP contribution in [-0.2, 0) is 10.0 Å². The largest absolute Gasteiger partial charge is 0.490 e. The van der Waals surface area contributed by atoms with Crippen molar-refractivity contribution in [2.45, 2.75) is 71.3 Å². The first kappa shape index (κ1) is 22.9. The zero-order chi connectivity index (χ0) is 20.4. The van der Waals surface area contributed by atoms with Crippen LogP contribution in [0.3, 0.4) is 0 Å². The van der Waals surface area contributed by atoms with Crippen molar-refractivity contribution in [3.05, 3.63) is 41.7 Å². The summed E-state index contributed by atoms with van der Waals surface area (Å²) >= 11 is 0. The normalized spacial score (nSPS) is 16.7. The van der Waals surface area contributed by atoms with Crippen molar-refractivity contribution in [1.29, 1.82) is 0 Å². The number of hydrogen-bond donors (Lipinski definition) is 1. The Bertz CT molecular complexity index is 727. The van der Waals surface area contributed by atoms with Gasteiger partial charge >= 0.3 is 0 Å². The molecule has 0 aliphatic heterocycles. The number of benzene rings is 1. The van der Waals surface area contributed by atoms with E-state index < -0.39 is 21.9 Å². The van der Waals surface area contributed by atoms with Gasteiger partial charge in [-0.3, -0.25) is 0 Å². The van der Waals surface area contributed by atoms with E-state index in [0.717, 1.165) is 32.1 Å². The Morgan fingerprint density at radius 2 is 1.96 bits per heavy atom. The van der Waals surface area contributed by atoms with Crippen LogP contribution < -0.4 is 9.46 Å². The summed E-state index contributed by atoms with van der Waals surface area (Å²) < 4.78 is 47.0. The van der Waals surface area contributed by atoms with Crippen molar-refractivity contribution in [3.8, 4) is 5.75 Å². The Kier molecular flexibility index (Phi) is 9.45. The summed E-state index contributed by atoms with van der Waals surface area (Å²) in [6, 6.07) is 4.13. The fourth-order valence-corrected chi connectivity index (χ4v) is 4.70. The molecule has 0 aromatic heterocycles. The van der Waals surface area contributed by atoms with Gasteiger partial charge in [-0.1, -0.05) is 50.8 Å². The van der Waals surface area contributed by atoms with Gasteiger partial charge in [-0.05, 0) is 56.2 Å². The van der Waals surface area contributed by atoms with Gasteiger partial charge in [0.25, 0.3) is 0 Å². The highest BCUT2D eigenvalue weighted by atomic mass is 32.2. The highest BCUT2D eigenvalue weighted by Gasteiger charge is 2.19. The van der Waals surface area contributed by atoms with Crippen molar-refractivity contribution < 1.29 is 17.5 Å². The summed E-state index contributed by atoms with van der Waals surface area (Å²) in [5.41, 5.74) is 0.699. The molecule has 1 fully saturated rings. The van der Waals surface area contributed by atoms with Crippen molar-refractivity contribution in [3.63, 3.8) is 0 Å². The highest BCUT2D eigenvalue weighted by Crippen LogP contribution is 2.28. The van der Waals surface area contributed by atoms with Crippen molar-refractivity contribution >= 4 is 10.0 Å². The maximum atomic E-state index is 14.1. The number of rotatable bonds is 12. The number of sulfonamides is 1. The lowest BCUT2D eigenvalue weighted by Gasteiger charge is -2.17. The van der Waals surface area contributed by atoms with Crippen LogP contribution in [0, 0.1) is 11.7 Å². The predicted molar refractivity (Wildman–Crippen MR) is 112 cm³/mol. The van der Waals surface area contributed by atoms with Crippen LogP contribution in [0.1, 0.15) is 76.8 Å². The molecular formula is C22H34FNO3S. The maximum absolute atomic E-state index is 14.1. The lowest BCUT2D eigenvalue weighted by molar-refractivity contribution is 0.242. The van der Waals surface area contributed by atoms with Gasteiger partial charge in [0, 0.05) is 6.04 Å². The summed E-state index contributed by atoms with van der Waals surface area (Å²) in [7, 11) is -3.41. The molecule has 0 heterocycles. The monoisotopic (exact) mass is 411 g/mol. The average Bonchev–Trinajstić information content (AvgIpc) is 3.17. The van der Waals surface area contributed by atoms with E-state index in [0.29, 0.717) is 24.5 Å². The second kappa shape index (κ2) is 11.6. The van der Waals surface area contributed by atoms with Gasteiger partial charge < -0.3 is 4.74 Å². The summed E-state index contributed by atoms with van der Waals surface area (Å²) in [6.07, 6.45) is 12.4. The third kappa shape index (κ3) is 7.92. The third-order valence-electron chi connectivity index (χ3n) is 5.21. The first-order chi connectivity index (χ1) is 13.4. The minimum absolute atomic E-state index is 0.0478. The van der Waals surface area contributed by atoms with Gasteiger partial charge in [-0.2, -0.15) is 0 Å². The van der Waals surface area contributed by atoms with E-state index in [9.17, 15) is 12.8 Å². The highest BCUT2D eigenvalue weighted by molar-refractivity contribution is 7.89. The summed E-state index contributed by atoms with van der Waals surface area (Å²) in [4.78, 5) is 0. The predicted octanol–water partition coefficient (Wildman–Crippen LogP) is 5.51. The first-order valence-corrected chi connectivity index (χ1v) is 12.1. The van der Waals surface area contributed by atoms with Crippen LogP contribution in [0.2, 0.25) is 0 Å². The van der Waals surface area contributed by atoms with E-state index in [1.807, 2.05) is 12.2 Å². The zero-order valence-corrected chi connectivity index (χ0v) is 17.9. The third-order valence-corrected chi connectivity index (χ3v) is 6.69. The molecule has 2 rings (SSSR count). The molecule has 0 unspecified atom stereocenters. The summed E-state index contributed by atoms with van der Waals surface area (Å²) in [5.74, 6) is 0.333. The minimum Gasteiger partial charge on any atom is -0.490 e. The molecule has 0 radical (unpaired) electrons. The molecule has 1 N–H and O–H groups in total. The molecule has 1 aromatic carbocycles. The Balaban J connectivity index is 1.88. The Labute approximate surface area is 169 Å². The smallest absolute Gasteiger partial charge is 0.212 e. The number of nitrogens with one attached hydrogen (secondary N) is 1. The molecule has 158 valence electrons. The molecule has 28 heavy (non-hydrogen) atoms. The van der Waals surface area contributed by atoms with Crippen molar-refractivity contribution in [2.24, 2.45) is 5.92 Å². The van der Waals surface area contributed by atoms with Crippen LogP contribution in [0.25, 0.3) is 0 Å². The molecule has 0 saturated heterocycles. The maximum Gasteiger partial charge on any atom is 0.212 e. The van der Waals surface area contributed by atoms with Gasteiger partial charge in [-0.25, -0.2) is 17.5 Å². The topological polar surface area (TPSA) is 55.4 Å². The molecule has 4 nitrogen and oxygen atoms in total. The van der Waals surface area contributed by atoms with Crippen LogP contribution in [-0.4, -0.2) is 20.8 Å². The summed E-state index contributed by atoms with van der Waals surface area (Å²) in [5, 5.41) is 0. The quantitative estimate of drug-likeness (QED) is 0.364. The lowest BCUT2D eigenvalue weighted by Crippen LogP contribution is -2.29. The number of allylic oxidation sites excluding steroid dienone is 2. The van der Waals surface area contributed by atoms with Crippen LogP contribution in [0.4, 0.5) is 4.39 Å². The second-order valence-corrected chi connectivity index (χ2v) is 9.59. The fourth-order valence-electron chi connectivity index (χ4n) is 3.46. The Morgan fingerprint density at radius 1 is 1.25 bits per heavy atom. The Hall–Kier alpha value is -1.40. The van der Waals surface area contributed by atoms with Gasteiger partial charge in [0.2, 0.25) is 10.0 Å². The molecule has 0 amide bonds. The minimum atomic E-state index is -3.41. The first-order valence-electron chi connectivity index (χ1n) is 10.5. The zero-order valence-electron chi connectivity index (χ0n) is 17.1. The number of unbranched alkanes of at least 4 members (excludes halogenated alkanes) is 2. The second-order valence-electron chi connectivity index (χ2n) is 7.71. The summed E-state index contributed by atoms with van der Waals surface area (Å²) in [6.45, 7) is 4.41. The van der Waals surface area contributed by atoms with Crippen molar-refractivity contribution in [1.82, 2.24) is 4.72 Å². The van der Waals surface area contributed by atoms with Crippen LogP contribution in [0.15, 0.2) is 30.4 Å². The number of halogens is 1.